The van der Waals surface area contributed by atoms with E-state index in [0.717, 1.165) is 42.8 Å². The van der Waals surface area contributed by atoms with Crippen LogP contribution in [0.2, 0.25) is 0 Å². The van der Waals surface area contributed by atoms with Crippen molar-refractivity contribution in [2.45, 2.75) is 101 Å². The van der Waals surface area contributed by atoms with E-state index in [-0.39, 0.29) is 36.0 Å². The Hall–Kier alpha value is -0.750. The minimum Gasteiger partial charge on any atom is -0.368 e. The Bertz CT molecular complexity index is 667. The average Bonchev–Trinajstić information content (AvgIpc) is 3.43. The molecule has 30 heavy (non-hydrogen) atoms. The summed E-state index contributed by atoms with van der Waals surface area (Å²) in [6.45, 7) is 5.19. The fraction of sp³-hybridized carbons (Fsp3) is 0.917. The van der Waals surface area contributed by atoms with Crippen LogP contribution in [0.4, 0.5) is 0 Å². The van der Waals surface area contributed by atoms with E-state index in [0.29, 0.717) is 19.1 Å². The van der Waals surface area contributed by atoms with E-state index < -0.39 is 0 Å². The number of fused-ring (bicyclic) bond motifs is 2. The third-order valence-corrected chi connectivity index (χ3v) is 10.4. The van der Waals surface area contributed by atoms with Gasteiger partial charge in [-0.05, 0) is 81.8 Å². The molecule has 0 aromatic rings. The second-order valence-corrected chi connectivity index (χ2v) is 11.7. The third-order valence-electron chi connectivity index (χ3n) is 8.77. The Labute approximate surface area is 185 Å². The van der Waals surface area contributed by atoms with E-state index in [1.807, 2.05) is 0 Å². The standard InChI is InChI=1S/C24H38N2O3S/c1-15-14-25(24(28)22-7-4-11-29-22)21-13-18(8-9-20(21)26(15)16(2)27)19-6-3-5-17-10-12-30-23(17)19/h15,17-23H,3-14H2,1-2H3/t15-,17?,18?,19?,20?,21?,22?,23?/m0/s1. The second-order valence-electron chi connectivity index (χ2n) is 10.5. The van der Waals surface area contributed by atoms with E-state index in [4.69, 9.17) is 4.74 Å². The zero-order chi connectivity index (χ0) is 20.8. The number of carbonyl (C=O) groups is 2. The highest BCUT2D eigenvalue weighted by Crippen LogP contribution is 2.51. The van der Waals surface area contributed by atoms with Gasteiger partial charge in [-0.2, -0.15) is 11.8 Å². The van der Waals surface area contributed by atoms with Crippen LogP contribution in [0.15, 0.2) is 0 Å². The molecule has 2 saturated carbocycles. The first-order valence-electron chi connectivity index (χ1n) is 12.4. The van der Waals surface area contributed by atoms with Crippen molar-refractivity contribution in [1.29, 1.82) is 0 Å². The molecule has 0 spiro atoms. The summed E-state index contributed by atoms with van der Waals surface area (Å²) >= 11 is 2.23. The molecule has 5 nitrogen and oxygen atoms in total. The van der Waals surface area contributed by atoms with Gasteiger partial charge in [0.05, 0.1) is 12.1 Å². The Balaban J connectivity index is 1.38. The molecule has 8 atom stereocenters. The fourth-order valence-corrected chi connectivity index (χ4v) is 9.38. The summed E-state index contributed by atoms with van der Waals surface area (Å²) in [5.74, 6) is 4.13. The molecule has 3 saturated heterocycles. The van der Waals surface area contributed by atoms with Crippen molar-refractivity contribution in [1.82, 2.24) is 9.80 Å². The van der Waals surface area contributed by atoms with E-state index in [9.17, 15) is 9.59 Å². The number of hydrogen-bond acceptors (Lipinski definition) is 4. The van der Waals surface area contributed by atoms with Gasteiger partial charge in [0.1, 0.15) is 6.10 Å². The van der Waals surface area contributed by atoms with E-state index >= 15 is 0 Å². The van der Waals surface area contributed by atoms with Crippen molar-refractivity contribution in [2.24, 2.45) is 17.8 Å². The van der Waals surface area contributed by atoms with Gasteiger partial charge >= 0.3 is 0 Å². The van der Waals surface area contributed by atoms with Gasteiger partial charge < -0.3 is 14.5 Å². The molecule has 2 amide bonds. The number of ether oxygens (including phenoxy) is 1. The maximum atomic E-state index is 13.4. The normalized spacial score (nSPS) is 43.9. The van der Waals surface area contributed by atoms with Gasteiger partial charge in [-0.15, -0.1) is 0 Å². The predicted octanol–water partition coefficient (Wildman–Crippen LogP) is 3.70. The zero-order valence-electron chi connectivity index (χ0n) is 18.6. The molecule has 0 radical (unpaired) electrons. The number of hydrogen-bond donors (Lipinski definition) is 0. The Kier molecular flexibility index (Phi) is 6.09. The Morgan fingerprint density at radius 2 is 1.83 bits per heavy atom. The first kappa shape index (κ1) is 21.1. The number of rotatable bonds is 2. The average molecular weight is 435 g/mol. The first-order valence-corrected chi connectivity index (χ1v) is 13.4. The van der Waals surface area contributed by atoms with Crippen LogP contribution in [-0.4, -0.2) is 70.0 Å². The van der Waals surface area contributed by atoms with Crippen LogP contribution in [0.1, 0.15) is 71.6 Å². The maximum Gasteiger partial charge on any atom is 0.252 e. The van der Waals surface area contributed by atoms with Crippen molar-refractivity contribution in [2.75, 3.05) is 18.9 Å². The topological polar surface area (TPSA) is 49.9 Å². The molecule has 3 aliphatic heterocycles. The molecule has 0 bridgehead atoms. The van der Waals surface area contributed by atoms with E-state index in [2.05, 4.69) is 28.5 Å². The molecule has 5 aliphatic rings. The zero-order valence-corrected chi connectivity index (χ0v) is 19.4. The van der Waals surface area contributed by atoms with E-state index in [1.165, 1.54) is 37.9 Å². The summed E-state index contributed by atoms with van der Waals surface area (Å²) < 4.78 is 5.78. The molecule has 7 unspecified atom stereocenters. The minimum atomic E-state index is -0.258. The molecule has 6 heteroatoms. The number of nitrogens with zero attached hydrogens (tertiary/aromatic N) is 2. The number of amides is 2. The van der Waals surface area contributed by atoms with Crippen molar-refractivity contribution in [3.8, 4) is 0 Å². The SMILES string of the molecule is CC(=O)N1C2CCC(C3CCCC4CCSC43)CC2N(C(=O)C2CCCO2)C[C@@H]1C. The highest BCUT2D eigenvalue weighted by Gasteiger charge is 2.50. The smallest absolute Gasteiger partial charge is 0.252 e. The summed E-state index contributed by atoms with van der Waals surface area (Å²) in [5.41, 5.74) is 0. The largest absolute Gasteiger partial charge is 0.368 e. The third kappa shape index (κ3) is 3.70. The molecule has 5 rings (SSSR count). The van der Waals surface area contributed by atoms with Crippen LogP contribution in [0, 0.1) is 17.8 Å². The quantitative estimate of drug-likeness (QED) is 0.665. The number of thioether (sulfide) groups is 1. The van der Waals surface area contributed by atoms with Crippen LogP contribution in [-0.2, 0) is 14.3 Å². The lowest BCUT2D eigenvalue weighted by atomic mass is 9.67. The van der Waals surface area contributed by atoms with Crippen molar-refractivity contribution in [3.05, 3.63) is 0 Å². The monoisotopic (exact) mass is 434 g/mol. The summed E-state index contributed by atoms with van der Waals surface area (Å²) in [6.07, 6.45) is 10.5. The molecule has 168 valence electrons. The first-order chi connectivity index (χ1) is 14.5. The Morgan fingerprint density at radius 1 is 0.967 bits per heavy atom. The van der Waals surface area contributed by atoms with Crippen LogP contribution < -0.4 is 0 Å². The molecule has 3 heterocycles. The van der Waals surface area contributed by atoms with Gasteiger partial charge in [-0.25, -0.2) is 0 Å². The molecule has 0 N–H and O–H groups in total. The molecular formula is C24H38N2O3S. The van der Waals surface area contributed by atoms with Crippen molar-refractivity contribution >= 4 is 23.6 Å². The summed E-state index contributed by atoms with van der Waals surface area (Å²) in [4.78, 5) is 30.2. The molecule has 2 aliphatic carbocycles. The highest BCUT2D eigenvalue weighted by atomic mass is 32.2. The van der Waals surface area contributed by atoms with Crippen molar-refractivity contribution in [3.63, 3.8) is 0 Å². The predicted molar refractivity (Wildman–Crippen MR) is 119 cm³/mol. The number of piperazine rings is 1. The van der Waals surface area contributed by atoms with Gasteiger partial charge in [0, 0.05) is 31.4 Å². The molecule has 5 fully saturated rings. The van der Waals surface area contributed by atoms with Gasteiger partial charge in [-0.3, -0.25) is 9.59 Å². The van der Waals surface area contributed by atoms with Gasteiger partial charge in [0.25, 0.3) is 5.91 Å². The lowest BCUT2D eigenvalue weighted by Gasteiger charge is -2.55. The Morgan fingerprint density at radius 3 is 2.60 bits per heavy atom. The summed E-state index contributed by atoms with van der Waals surface area (Å²) in [5, 5.41) is 0.842. The lowest BCUT2D eigenvalue weighted by molar-refractivity contribution is -0.160. The number of carbonyl (C=O) groups excluding carboxylic acids is 2. The fourth-order valence-electron chi connectivity index (χ4n) is 7.52. The van der Waals surface area contributed by atoms with Crippen LogP contribution in [0.3, 0.4) is 0 Å². The highest BCUT2D eigenvalue weighted by molar-refractivity contribution is 8.00. The van der Waals surface area contributed by atoms with Crippen LogP contribution in [0.25, 0.3) is 0 Å². The van der Waals surface area contributed by atoms with Crippen molar-refractivity contribution < 1.29 is 14.3 Å². The molecular weight excluding hydrogens is 396 g/mol. The second kappa shape index (κ2) is 8.65. The molecule has 0 aromatic heterocycles. The van der Waals surface area contributed by atoms with Gasteiger partial charge in [0.15, 0.2) is 0 Å². The lowest BCUT2D eigenvalue weighted by Crippen LogP contribution is -2.68. The summed E-state index contributed by atoms with van der Waals surface area (Å²) in [6, 6.07) is 0.450. The maximum absolute atomic E-state index is 13.4. The minimum absolute atomic E-state index is 0.0927. The summed E-state index contributed by atoms with van der Waals surface area (Å²) in [7, 11) is 0. The van der Waals surface area contributed by atoms with Crippen LogP contribution in [0.5, 0.6) is 0 Å². The molecule has 0 aromatic carbocycles. The van der Waals surface area contributed by atoms with Gasteiger partial charge in [0.2, 0.25) is 5.91 Å². The van der Waals surface area contributed by atoms with Gasteiger partial charge in [-0.1, -0.05) is 6.42 Å². The van der Waals surface area contributed by atoms with E-state index in [1.54, 1.807) is 6.92 Å². The van der Waals surface area contributed by atoms with Crippen LogP contribution >= 0.6 is 11.8 Å².